The maximum absolute atomic E-state index is 12.6. The molecule has 1 aromatic carbocycles. The molecule has 100 valence electrons. The lowest BCUT2D eigenvalue weighted by Crippen LogP contribution is -2.34. The lowest BCUT2D eigenvalue weighted by Gasteiger charge is -2.26. The minimum absolute atomic E-state index is 0.129. The van der Waals surface area contributed by atoms with Gasteiger partial charge in [-0.1, -0.05) is 6.07 Å². The SMILES string of the molecule is COc1cc(C(F)(F)F)ccc1C1COCCN1. The largest absolute Gasteiger partial charge is 0.496 e. The quantitative estimate of drug-likeness (QED) is 0.886. The normalized spacial score (nSPS) is 20.8. The van der Waals surface area contributed by atoms with Crippen LogP contribution in [0.2, 0.25) is 0 Å². The van der Waals surface area contributed by atoms with Crippen molar-refractivity contribution in [3.8, 4) is 5.75 Å². The fourth-order valence-corrected chi connectivity index (χ4v) is 1.94. The maximum Gasteiger partial charge on any atom is 0.416 e. The van der Waals surface area contributed by atoms with Gasteiger partial charge < -0.3 is 14.8 Å². The Kier molecular flexibility index (Phi) is 3.77. The first-order valence-corrected chi connectivity index (χ1v) is 5.58. The molecule has 1 aliphatic heterocycles. The van der Waals surface area contributed by atoms with E-state index in [1.54, 1.807) is 0 Å². The van der Waals surface area contributed by atoms with Crippen molar-refractivity contribution in [3.63, 3.8) is 0 Å². The zero-order valence-electron chi connectivity index (χ0n) is 9.88. The van der Waals surface area contributed by atoms with Crippen molar-refractivity contribution in [1.29, 1.82) is 0 Å². The average molecular weight is 261 g/mol. The van der Waals surface area contributed by atoms with Crippen LogP contribution in [0.3, 0.4) is 0 Å². The molecule has 3 nitrogen and oxygen atoms in total. The number of morpholine rings is 1. The van der Waals surface area contributed by atoms with Gasteiger partial charge in [0.05, 0.1) is 31.9 Å². The van der Waals surface area contributed by atoms with E-state index >= 15 is 0 Å². The van der Waals surface area contributed by atoms with Crippen LogP contribution in [0.1, 0.15) is 17.2 Å². The lowest BCUT2D eigenvalue weighted by atomic mass is 10.0. The van der Waals surface area contributed by atoms with E-state index in [2.05, 4.69) is 5.32 Å². The van der Waals surface area contributed by atoms with E-state index in [0.29, 0.717) is 25.3 Å². The molecule has 2 rings (SSSR count). The first-order valence-electron chi connectivity index (χ1n) is 5.58. The molecule has 0 aliphatic carbocycles. The molecule has 1 fully saturated rings. The highest BCUT2D eigenvalue weighted by Gasteiger charge is 2.32. The third kappa shape index (κ3) is 2.76. The summed E-state index contributed by atoms with van der Waals surface area (Å²) in [7, 11) is 1.36. The average Bonchev–Trinajstić information content (AvgIpc) is 2.38. The monoisotopic (exact) mass is 261 g/mol. The van der Waals surface area contributed by atoms with Gasteiger partial charge in [0.2, 0.25) is 0 Å². The van der Waals surface area contributed by atoms with Crippen LogP contribution in [0, 0.1) is 0 Å². The van der Waals surface area contributed by atoms with Gasteiger partial charge in [0.15, 0.2) is 0 Å². The van der Waals surface area contributed by atoms with Crippen LogP contribution >= 0.6 is 0 Å². The number of nitrogens with one attached hydrogen (secondary N) is 1. The predicted octanol–water partition coefficient (Wildman–Crippen LogP) is 2.37. The van der Waals surface area contributed by atoms with Gasteiger partial charge in [-0.2, -0.15) is 13.2 Å². The van der Waals surface area contributed by atoms with E-state index in [1.165, 1.54) is 13.2 Å². The van der Waals surface area contributed by atoms with Crippen LogP contribution in [0.25, 0.3) is 0 Å². The van der Waals surface area contributed by atoms with E-state index in [0.717, 1.165) is 12.1 Å². The van der Waals surface area contributed by atoms with E-state index in [-0.39, 0.29) is 11.8 Å². The lowest BCUT2D eigenvalue weighted by molar-refractivity contribution is -0.137. The van der Waals surface area contributed by atoms with Gasteiger partial charge in [0, 0.05) is 12.1 Å². The summed E-state index contributed by atoms with van der Waals surface area (Å²) < 4.78 is 48.1. The Morgan fingerprint density at radius 3 is 2.72 bits per heavy atom. The molecular weight excluding hydrogens is 247 g/mol. The van der Waals surface area contributed by atoms with Gasteiger partial charge >= 0.3 is 6.18 Å². The zero-order chi connectivity index (χ0) is 13.2. The highest BCUT2D eigenvalue weighted by molar-refractivity contribution is 5.41. The summed E-state index contributed by atoms with van der Waals surface area (Å²) in [6.45, 7) is 1.72. The fourth-order valence-electron chi connectivity index (χ4n) is 1.94. The summed E-state index contributed by atoms with van der Waals surface area (Å²) >= 11 is 0. The number of ether oxygens (including phenoxy) is 2. The first kappa shape index (κ1) is 13.2. The van der Waals surface area contributed by atoms with Gasteiger partial charge in [-0.05, 0) is 12.1 Å². The van der Waals surface area contributed by atoms with Gasteiger partial charge in [0.1, 0.15) is 5.75 Å². The van der Waals surface area contributed by atoms with Gasteiger partial charge in [0.25, 0.3) is 0 Å². The maximum atomic E-state index is 12.6. The summed E-state index contributed by atoms with van der Waals surface area (Å²) in [6.07, 6.45) is -4.36. The van der Waals surface area contributed by atoms with Crippen LogP contribution in [0.4, 0.5) is 13.2 Å². The molecule has 1 aliphatic rings. The number of benzene rings is 1. The standard InChI is InChI=1S/C12H14F3NO2/c1-17-11-6-8(12(13,14)15)2-3-9(11)10-7-18-5-4-16-10/h2-3,6,10,16H,4-5,7H2,1H3. The van der Waals surface area contributed by atoms with Gasteiger partial charge in [-0.15, -0.1) is 0 Å². The molecular formula is C12H14F3NO2. The molecule has 0 bridgehead atoms. The van der Waals surface area contributed by atoms with E-state index in [9.17, 15) is 13.2 Å². The molecule has 0 saturated carbocycles. The molecule has 1 saturated heterocycles. The van der Waals surface area contributed by atoms with Crippen molar-refractivity contribution in [3.05, 3.63) is 29.3 Å². The van der Waals surface area contributed by atoms with E-state index in [1.807, 2.05) is 0 Å². The van der Waals surface area contributed by atoms with Crippen molar-refractivity contribution in [2.45, 2.75) is 12.2 Å². The van der Waals surface area contributed by atoms with Crippen molar-refractivity contribution < 1.29 is 22.6 Å². The molecule has 0 radical (unpaired) electrons. The molecule has 0 spiro atoms. The Labute approximate surface area is 103 Å². The molecule has 18 heavy (non-hydrogen) atoms. The third-order valence-electron chi connectivity index (χ3n) is 2.86. The predicted molar refractivity (Wildman–Crippen MR) is 59.6 cm³/mol. The molecule has 0 amide bonds. The fraction of sp³-hybridized carbons (Fsp3) is 0.500. The molecule has 6 heteroatoms. The van der Waals surface area contributed by atoms with Crippen molar-refractivity contribution in [2.24, 2.45) is 0 Å². The molecule has 0 aromatic heterocycles. The van der Waals surface area contributed by atoms with Crippen LogP contribution in [-0.2, 0) is 10.9 Å². The molecule has 1 heterocycles. The van der Waals surface area contributed by atoms with Gasteiger partial charge in [-0.3, -0.25) is 0 Å². The number of methoxy groups -OCH3 is 1. The van der Waals surface area contributed by atoms with Crippen molar-refractivity contribution in [1.82, 2.24) is 5.32 Å². The number of halogens is 3. The van der Waals surface area contributed by atoms with Gasteiger partial charge in [-0.25, -0.2) is 0 Å². The first-order chi connectivity index (χ1) is 8.52. The summed E-state index contributed by atoms with van der Waals surface area (Å²) in [4.78, 5) is 0. The van der Waals surface area contributed by atoms with E-state index < -0.39 is 11.7 Å². The highest BCUT2D eigenvalue weighted by atomic mass is 19.4. The summed E-state index contributed by atoms with van der Waals surface area (Å²) in [5, 5.41) is 3.18. The Morgan fingerprint density at radius 1 is 1.39 bits per heavy atom. The van der Waals surface area contributed by atoms with Crippen LogP contribution in [-0.4, -0.2) is 26.9 Å². The molecule has 1 N–H and O–H groups in total. The smallest absolute Gasteiger partial charge is 0.416 e. The van der Waals surface area contributed by atoms with E-state index in [4.69, 9.17) is 9.47 Å². The number of hydrogen-bond donors (Lipinski definition) is 1. The Bertz CT molecular complexity index is 414. The topological polar surface area (TPSA) is 30.5 Å². The molecule has 1 unspecified atom stereocenters. The number of hydrogen-bond acceptors (Lipinski definition) is 3. The molecule has 1 aromatic rings. The van der Waals surface area contributed by atoms with Crippen molar-refractivity contribution >= 4 is 0 Å². The second-order valence-electron chi connectivity index (χ2n) is 4.04. The Morgan fingerprint density at radius 2 is 2.17 bits per heavy atom. The Balaban J connectivity index is 2.30. The third-order valence-corrected chi connectivity index (χ3v) is 2.86. The van der Waals surface area contributed by atoms with Crippen LogP contribution in [0.5, 0.6) is 5.75 Å². The minimum atomic E-state index is -4.36. The second kappa shape index (κ2) is 5.16. The second-order valence-corrected chi connectivity index (χ2v) is 4.04. The number of alkyl halides is 3. The summed E-state index contributed by atoms with van der Waals surface area (Å²) in [5.41, 5.74) is -0.0231. The summed E-state index contributed by atoms with van der Waals surface area (Å²) in [6, 6.07) is 3.39. The van der Waals surface area contributed by atoms with Crippen LogP contribution < -0.4 is 10.1 Å². The van der Waals surface area contributed by atoms with Crippen molar-refractivity contribution in [2.75, 3.05) is 26.9 Å². The molecule has 1 atom stereocenters. The Hall–Kier alpha value is -1.27. The number of rotatable bonds is 2. The zero-order valence-corrected chi connectivity index (χ0v) is 9.88. The van der Waals surface area contributed by atoms with Crippen LogP contribution in [0.15, 0.2) is 18.2 Å². The highest BCUT2D eigenvalue weighted by Crippen LogP contribution is 2.35. The summed E-state index contributed by atoms with van der Waals surface area (Å²) in [5.74, 6) is 0.229. The minimum Gasteiger partial charge on any atom is -0.496 e.